The third-order valence-corrected chi connectivity index (χ3v) is 2.99. The number of nitrogens with one attached hydrogen (secondary N) is 2. The molecular weight excluding hydrogens is 303 g/mol. The first kappa shape index (κ1) is 18.0. The topological polar surface area (TPSA) is 74.6 Å². The Morgan fingerprint density at radius 2 is 2.09 bits per heavy atom. The number of amides is 3. The molecule has 0 fully saturated rings. The fourth-order valence-electron chi connectivity index (χ4n) is 1.75. The molecule has 0 aliphatic heterocycles. The Hall–Kier alpha value is -2.03. The normalized spacial score (nSPS) is 13.0. The number of halogens is 3. The van der Waals surface area contributed by atoms with Crippen LogP contribution in [0, 0.1) is 0 Å². The first-order valence-electron chi connectivity index (χ1n) is 6.63. The molecule has 124 valence electrons. The van der Waals surface area contributed by atoms with Crippen LogP contribution in [-0.2, 0) is 11.3 Å². The zero-order valence-electron chi connectivity index (χ0n) is 12.2. The van der Waals surface area contributed by atoms with E-state index in [0.29, 0.717) is 13.1 Å². The lowest BCUT2D eigenvalue weighted by molar-refractivity contribution is -0.127. The van der Waals surface area contributed by atoms with E-state index in [1.165, 1.54) is 12.5 Å². The largest absolute Gasteiger partial charge is 0.472 e. The van der Waals surface area contributed by atoms with E-state index in [9.17, 15) is 22.8 Å². The molecule has 0 saturated heterocycles. The van der Waals surface area contributed by atoms with E-state index in [1.807, 2.05) is 12.2 Å². The second kappa shape index (κ2) is 7.83. The number of likely N-dealkylation sites (N-methyl/N-ethyl adjacent to an activating group) is 1. The number of furan rings is 1. The molecule has 0 aliphatic rings. The van der Waals surface area contributed by atoms with Crippen LogP contribution in [0.5, 0.6) is 0 Å². The number of alkyl halides is 3. The number of carbonyl (C=O) groups excluding carboxylic acids is 2. The van der Waals surface area contributed by atoms with E-state index in [-0.39, 0.29) is 0 Å². The van der Waals surface area contributed by atoms with Crippen molar-refractivity contribution in [3.05, 3.63) is 24.2 Å². The quantitative estimate of drug-likeness (QED) is 0.839. The van der Waals surface area contributed by atoms with Crippen LogP contribution in [0.1, 0.15) is 19.4 Å². The van der Waals surface area contributed by atoms with Crippen LogP contribution < -0.4 is 10.6 Å². The van der Waals surface area contributed by atoms with Gasteiger partial charge < -0.3 is 9.73 Å². The van der Waals surface area contributed by atoms with E-state index >= 15 is 0 Å². The van der Waals surface area contributed by atoms with Gasteiger partial charge in [0.15, 0.2) is 0 Å². The first-order valence-corrected chi connectivity index (χ1v) is 6.63. The van der Waals surface area contributed by atoms with Gasteiger partial charge in [0.2, 0.25) is 5.91 Å². The van der Waals surface area contributed by atoms with Gasteiger partial charge in [0, 0.05) is 12.1 Å². The average Bonchev–Trinajstić information content (AvgIpc) is 2.94. The lowest BCUT2D eigenvalue weighted by Gasteiger charge is -2.26. The minimum absolute atomic E-state index is 0.422. The number of urea groups is 1. The van der Waals surface area contributed by atoms with Gasteiger partial charge in [0.25, 0.3) is 0 Å². The van der Waals surface area contributed by atoms with Crippen molar-refractivity contribution in [1.82, 2.24) is 15.5 Å². The zero-order valence-corrected chi connectivity index (χ0v) is 12.2. The second-order valence-corrected chi connectivity index (χ2v) is 4.66. The van der Waals surface area contributed by atoms with E-state index in [0.717, 1.165) is 5.56 Å². The number of rotatable bonds is 6. The van der Waals surface area contributed by atoms with Gasteiger partial charge in [0.1, 0.15) is 6.54 Å². The second-order valence-electron chi connectivity index (χ2n) is 4.66. The van der Waals surface area contributed by atoms with Crippen LogP contribution in [0.4, 0.5) is 18.0 Å². The summed E-state index contributed by atoms with van der Waals surface area (Å²) >= 11 is 0. The summed E-state index contributed by atoms with van der Waals surface area (Å²) in [4.78, 5) is 24.9. The summed E-state index contributed by atoms with van der Waals surface area (Å²) < 4.78 is 40.8. The monoisotopic (exact) mass is 321 g/mol. The van der Waals surface area contributed by atoms with E-state index < -0.39 is 30.7 Å². The Bertz CT molecular complexity index is 488. The van der Waals surface area contributed by atoms with E-state index in [2.05, 4.69) is 0 Å². The molecule has 22 heavy (non-hydrogen) atoms. The minimum atomic E-state index is -4.53. The fourth-order valence-corrected chi connectivity index (χ4v) is 1.75. The summed E-state index contributed by atoms with van der Waals surface area (Å²) in [7, 11) is 0. The van der Waals surface area contributed by atoms with Crippen LogP contribution in [0.25, 0.3) is 0 Å². The van der Waals surface area contributed by atoms with Crippen molar-refractivity contribution >= 4 is 11.9 Å². The molecule has 0 bridgehead atoms. The van der Waals surface area contributed by atoms with Crippen molar-refractivity contribution in [1.29, 1.82) is 0 Å². The Balaban J connectivity index is 2.50. The molecule has 2 N–H and O–H groups in total. The van der Waals surface area contributed by atoms with Crippen LogP contribution in [0.2, 0.25) is 0 Å². The molecule has 0 unspecified atom stereocenters. The first-order chi connectivity index (χ1) is 10.2. The number of nitrogens with zero attached hydrogens (tertiary/aromatic N) is 1. The number of hydrogen-bond donors (Lipinski definition) is 2. The molecule has 0 aliphatic carbocycles. The van der Waals surface area contributed by atoms with Crippen molar-refractivity contribution in [3.63, 3.8) is 0 Å². The highest BCUT2D eigenvalue weighted by Gasteiger charge is 2.28. The fraction of sp³-hybridized carbons (Fsp3) is 0.538. The van der Waals surface area contributed by atoms with Gasteiger partial charge >= 0.3 is 12.2 Å². The maximum atomic E-state index is 12.0. The highest BCUT2D eigenvalue weighted by molar-refractivity contribution is 5.96. The van der Waals surface area contributed by atoms with Gasteiger partial charge in [-0.25, -0.2) is 4.79 Å². The van der Waals surface area contributed by atoms with E-state index in [4.69, 9.17) is 4.42 Å². The van der Waals surface area contributed by atoms with Crippen LogP contribution >= 0.6 is 0 Å². The molecule has 0 radical (unpaired) electrons. The van der Waals surface area contributed by atoms with Gasteiger partial charge in [-0.15, -0.1) is 0 Å². The number of imide groups is 1. The molecule has 3 amide bonds. The predicted molar refractivity (Wildman–Crippen MR) is 71.9 cm³/mol. The summed E-state index contributed by atoms with van der Waals surface area (Å²) in [6, 6.07) is -0.117. The van der Waals surface area contributed by atoms with E-state index in [1.54, 1.807) is 23.2 Å². The van der Waals surface area contributed by atoms with Gasteiger partial charge in [-0.2, -0.15) is 13.2 Å². The summed E-state index contributed by atoms with van der Waals surface area (Å²) in [6.45, 7) is 2.84. The van der Waals surface area contributed by atoms with Crippen molar-refractivity contribution in [2.75, 3.05) is 13.1 Å². The predicted octanol–water partition coefficient (Wildman–Crippen LogP) is 1.88. The van der Waals surface area contributed by atoms with Crippen LogP contribution in [0.15, 0.2) is 23.0 Å². The van der Waals surface area contributed by atoms with Crippen molar-refractivity contribution < 1.29 is 27.2 Å². The molecule has 1 rings (SSSR count). The average molecular weight is 321 g/mol. The Kier molecular flexibility index (Phi) is 6.41. The molecule has 1 atom stereocenters. The summed E-state index contributed by atoms with van der Waals surface area (Å²) in [5.41, 5.74) is 0.850. The lowest BCUT2D eigenvalue weighted by atomic mass is 10.2. The minimum Gasteiger partial charge on any atom is -0.472 e. The maximum absolute atomic E-state index is 12.0. The van der Waals surface area contributed by atoms with Gasteiger partial charge in [-0.3, -0.25) is 15.0 Å². The standard InChI is InChI=1S/C13H18F3N3O3/c1-3-19(6-10-4-5-22-7-10)9(2)11(20)18-12(21)17-8-13(14,15)16/h4-5,7,9H,3,6,8H2,1-2H3,(H2,17,18,20,21)/t9-/m1/s1. The number of carbonyl (C=O) groups is 2. The SMILES string of the molecule is CCN(Cc1ccoc1)[C@H](C)C(=O)NC(=O)NCC(F)(F)F. The molecule has 6 nitrogen and oxygen atoms in total. The van der Waals surface area contributed by atoms with Crippen LogP contribution in [-0.4, -0.2) is 42.1 Å². The zero-order chi connectivity index (χ0) is 16.8. The van der Waals surface area contributed by atoms with Gasteiger partial charge in [-0.1, -0.05) is 6.92 Å². The highest BCUT2D eigenvalue weighted by Crippen LogP contribution is 2.12. The number of hydrogen-bond acceptors (Lipinski definition) is 4. The van der Waals surface area contributed by atoms with Crippen molar-refractivity contribution in [2.24, 2.45) is 0 Å². The Morgan fingerprint density at radius 3 is 2.59 bits per heavy atom. The van der Waals surface area contributed by atoms with Gasteiger partial charge in [0.05, 0.1) is 18.6 Å². The molecule has 0 saturated carbocycles. The summed E-state index contributed by atoms with van der Waals surface area (Å²) in [5, 5.41) is 3.47. The molecule has 1 heterocycles. The smallest absolute Gasteiger partial charge is 0.405 e. The molecule has 9 heteroatoms. The maximum Gasteiger partial charge on any atom is 0.405 e. The lowest BCUT2D eigenvalue weighted by Crippen LogP contribution is -2.50. The molecule has 1 aromatic rings. The molecule has 1 aromatic heterocycles. The summed E-state index contributed by atoms with van der Waals surface area (Å²) in [6.07, 6.45) is -1.50. The Morgan fingerprint density at radius 1 is 1.41 bits per heavy atom. The van der Waals surface area contributed by atoms with Crippen molar-refractivity contribution in [2.45, 2.75) is 32.6 Å². The highest BCUT2D eigenvalue weighted by atomic mass is 19.4. The van der Waals surface area contributed by atoms with Gasteiger partial charge in [-0.05, 0) is 19.5 Å². The summed E-state index contributed by atoms with van der Waals surface area (Å²) in [5.74, 6) is -0.676. The molecular formula is C13H18F3N3O3. The third kappa shape index (κ3) is 6.17. The van der Waals surface area contributed by atoms with Crippen LogP contribution in [0.3, 0.4) is 0 Å². The van der Waals surface area contributed by atoms with Crippen molar-refractivity contribution in [3.8, 4) is 0 Å². The molecule has 0 spiro atoms. The molecule has 0 aromatic carbocycles. The Labute approximate surface area is 125 Å². The third-order valence-electron chi connectivity index (χ3n) is 2.99.